The molecule has 0 saturated carbocycles. The number of nitrogens with zero attached hydrogens (tertiary/aromatic N) is 2. The Bertz CT molecular complexity index is 1190. The van der Waals surface area contributed by atoms with Crippen LogP contribution >= 0.6 is 0 Å². The number of hydrogen-bond acceptors (Lipinski definition) is 5. The normalized spacial score (nSPS) is 11.1. The lowest BCUT2D eigenvalue weighted by Crippen LogP contribution is -2.31. The van der Waals surface area contributed by atoms with Gasteiger partial charge in [0.1, 0.15) is 5.56 Å². The predicted molar refractivity (Wildman–Crippen MR) is 111 cm³/mol. The number of hydrazone groups is 1. The monoisotopic (exact) mass is 378 g/mol. The van der Waals surface area contributed by atoms with Crippen molar-refractivity contribution in [2.24, 2.45) is 5.10 Å². The van der Waals surface area contributed by atoms with Gasteiger partial charge in [-0.15, -0.1) is 0 Å². The highest BCUT2D eigenvalue weighted by atomic mass is 16.3. The van der Waals surface area contributed by atoms with E-state index >= 15 is 0 Å². The molecule has 0 radical (unpaired) electrons. The smallest absolute Gasteiger partial charge is 0.335 e. The van der Waals surface area contributed by atoms with E-state index in [1.165, 1.54) is 6.21 Å². The summed E-state index contributed by atoms with van der Waals surface area (Å²) in [6.45, 7) is 7.76. The van der Waals surface area contributed by atoms with E-state index in [2.05, 4.69) is 15.5 Å². The quantitative estimate of drug-likeness (QED) is 0.480. The summed E-state index contributed by atoms with van der Waals surface area (Å²) in [6, 6.07) is 11.2. The van der Waals surface area contributed by atoms with E-state index in [9.17, 15) is 14.7 Å². The van der Waals surface area contributed by atoms with E-state index in [-0.39, 0.29) is 5.56 Å². The molecule has 2 aromatic carbocycles. The molecule has 3 rings (SSSR count). The summed E-state index contributed by atoms with van der Waals surface area (Å²) in [4.78, 5) is 26.7. The van der Waals surface area contributed by atoms with Crippen molar-refractivity contribution in [3.05, 3.63) is 85.1 Å². The fourth-order valence-corrected chi connectivity index (χ4v) is 2.92. The first-order valence-corrected chi connectivity index (χ1v) is 8.80. The zero-order valence-corrected chi connectivity index (χ0v) is 16.2. The predicted octanol–water partition coefficient (Wildman–Crippen LogP) is 2.91. The number of aromatic hydroxyl groups is 1. The number of aryl methyl sites for hydroxylation is 4. The molecule has 1 heterocycles. The van der Waals surface area contributed by atoms with Gasteiger partial charge in [0.15, 0.2) is 0 Å². The average molecular weight is 378 g/mol. The molecule has 7 nitrogen and oxygen atoms in total. The molecule has 144 valence electrons. The highest BCUT2D eigenvalue weighted by molar-refractivity contribution is 5.82. The van der Waals surface area contributed by atoms with Gasteiger partial charge < -0.3 is 5.11 Å². The molecule has 0 aliphatic rings. The second-order valence-corrected chi connectivity index (χ2v) is 6.79. The third-order valence-corrected chi connectivity index (χ3v) is 4.61. The lowest BCUT2D eigenvalue weighted by atomic mass is 10.1. The molecule has 28 heavy (non-hydrogen) atoms. The van der Waals surface area contributed by atoms with Gasteiger partial charge in [-0.05, 0) is 62.6 Å². The van der Waals surface area contributed by atoms with E-state index in [1.807, 2.05) is 58.0 Å². The standard InChI is InChI=1S/C21H22N4O3/c1-12-5-8-18(15(4)9-12)25-20(27)17(19(26)23-21(25)28)11-22-24-16-7-6-13(2)14(3)10-16/h5-11,24,27H,1-4H3,(H,23,26,28)/b22-11+. The van der Waals surface area contributed by atoms with Crippen molar-refractivity contribution >= 4 is 11.9 Å². The first kappa shape index (κ1) is 19.2. The summed E-state index contributed by atoms with van der Waals surface area (Å²) in [5, 5.41) is 14.6. The Morgan fingerprint density at radius 3 is 2.43 bits per heavy atom. The van der Waals surface area contributed by atoms with E-state index < -0.39 is 17.1 Å². The number of anilines is 1. The lowest BCUT2D eigenvalue weighted by molar-refractivity contribution is 0.430. The topological polar surface area (TPSA) is 99.5 Å². The van der Waals surface area contributed by atoms with Crippen LogP contribution < -0.4 is 16.7 Å². The largest absolute Gasteiger partial charge is 0.493 e. The van der Waals surface area contributed by atoms with Crippen molar-refractivity contribution in [3.63, 3.8) is 0 Å². The summed E-state index contributed by atoms with van der Waals surface area (Å²) < 4.78 is 1.06. The first-order valence-electron chi connectivity index (χ1n) is 8.80. The van der Waals surface area contributed by atoms with Crippen LogP contribution in [0.15, 0.2) is 51.1 Å². The van der Waals surface area contributed by atoms with Gasteiger partial charge in [0.25, 0.3) is 5.56 Å². The van der Waals surface area contributed by atoms with Crippen molar-refractivity contribution in [1.82, 2.24) is 9.55 Å². The number of aromatic amines is 1. The maximum absolute atomic E-state index is 12.3. The minimum absolute atomic E-state index is 0.115. The van der Waals surface area contributed by atoms with Crippen LogP contribution in [0.1, 0.15) is 27.8 Å². The summed E-state index contributed by atoms with van der Waals surface area (Å²) in [5.41, 5.74) is 6.59. The van der Waals surface area contributed by atoms with Crippen LogP contribution in [0.25, 0.3) is 5.69 Å². The van der Waals surface area contributed by atoms with E-state index in [4.69, 9.17) is 0 Å². The van der Waals surface area contributed by atoms with Gasteiger partial charge in [-0.1, -0.05) is 23.8 Å². The summed E-state index contributed by atoms with van der Waals surface area (Å²) >= 11 is 0. The van der Waals surface area contributed by atoms with Crippen LogP contribution in [0.2, 0.25) is 0 Å². The average Bonchev–Trinajstić information content (AvgIpc) is 2.62. The third kappa shape index (κ3) is 3.73. The lowest BCUT2D eigenvalue weighted by Gasteiger charge is -2.12. The second-order valence-electron chi connectivity index (χ2n) is 6.79. The zero-order chi connectivity index (χ0) is 20.4. The summed E-state index contributed by atoms with van der Waals surface area (Å²) in [7, 11) is 0. The van der Waals surface area contributed by atoms with Crippen molar-refractivity contribution in [2.75, 3.05) is 5.43 Å². The van der Waals surface area contributed by atoms with Crippen LogP contribution in [0, 0.1) is 27.7 Å². The maximum Gasteiger partial charge on any atom is 0.335 e. The third-order valence-electron chi connectivity index (χ3n) is 4.61. The molecule has 0 aliphatic heterocycles. The van der Waals surface area contributed by atoms with Gasteiger partial charge in [-0.3, -0.25) is 15.2 Å². The number of hydrogen-bond donors (Lipinski definition) is 3. The molecule has 0 bridgehead atoms. The number of rotatable bonds is 4. The molecule has 0 fully saturated rings. The molecule has 0 atom stereocenters. The fourth-order valence-electron chi connectivity index (χ4n) is 2.92. The van der Waals surface area contributed by atoms with Gasteiger partial charge in [0.2, 0.25) is 5.88 Å². The van der Waals surface area contributed by atoms with E-state index in [0.29, 0.717) is 5.69 Å². The van der Waals surface area contributed by atoms with Crippen molar-refractivity contribution in [2.45, 2.75) is 27.7 Å². The SMILES string of the molecule is Cc1ccc(-n2c(O)c(/C=N/Nc3ccc(C)c(C)c3)c(=O)[nH]c2=O)c(C)c1. The maximum atomic E-state index is 12.3. The fraction of sp³-hybridized carbons (Fsp3) is 0.190. The Hall–Kier alpha value is -3.61. The Morgan fingerprint density at radius 2 is 1.75 bits per heavy atom. The van der Waals surface area contributed by atoms with Gasteiger partial charge >= 0.3 is 5.69 Å². The Labute approximate surface area is 162 Å². The summed E-state index contributed by atoms with van der Waals surface area (Å²) in [5.74, 6) is -0.466. The van der Waals surface area contributed by atoms with E-state index in [1.54, 1.807) is 6.07 Å². The van der Waals surface area contributed by atoms with Crippen molar-refractivity contribution in [1.29, 1.82) is 0 Å². The second kappa shape index (κ2) is 7.56. The molecule has 3 N–H and O–H groups in total. The van der Waals surface area contributed by atoms with Crippen LogP contribution in [0.3, 0.4) is 0 Å². The minimum Gasteiger partial charge on any atom is -0.493 e. The molecule has 3 aromatic rings. The molecule has 1 aromatic heterocycles. The number of nitrogens with one attached hydrogen (secondary N) is 2. The molecule has 0 spiro atoms. The molecular weight excluding hydrogens is 356 g/mol. The highest BCUT2D eigenvalue weighted by Gasteiger charge is 2.15. The zero-order valence-electron chi connectivity index (χ0n) is 16.2. The van der Waals surface area contributed by atoms with Crippen molar-refractivity contribution in [3.8, 4) is 11.6 Å². The molecule has 0 unspecified atom stereocenters. The molecule has 7 heteroatoms. The number of aromatic nitrogens is 2. The first-order chi connectivity index (χ1) is 13.3. The summed E-state index contributed by atoms with van der Waals surface area (Å²) in [6.07, 6.45) is 1.20. The Morgan fingerprint density at radius 1 is 1.00 bits per heavy atom. The number of H-pyrrole nitrogens is 1. The van der Waals surface area contributed by atoms with Gasteiger partial charge in [-0.25, -0.2) is 9.36 Å². The van der Waals surface area contributed by atoms with Gasteiger partial charge in [-0.2, -0.15) is 5.10 Å². The van der Waals surface area contributed by atoms with Crippen LogP contribution in [-0.2, 0) is 0 Å². The molecular formula is C21H22N4O3. The van der Waals surface area contributed by atoms with Crippen LogP contribution in [-0.4, -0.2) is 20.9 Å². The van der Waals surface area contributed by atoms with Crippen LogP contribution in [0.5, 0.6) is 5.88 Å². The molecule has 0 aliphatic carbocycles. The minimum atomic E-state index is -0.714. The highest BCUT2D eigenvalue weighted by Crippen LogP contribution is 2.20. The Kier molecular flexibility index (Phi) is 5.17. The Balaban J connectivity index is 2.01. The van der Waals surface area contributed by atoms with Gasteiger partial charge in [0.05, 0.1) is 17.6 Å². The number of benzene rings is 2. The van der Waals surface area contributed by atoms with Gasteiger partial charge in [0, 0.05) is 0 Å². The molecule has 0 amide bonds. The van der Waals surface area contributed by atoms with Crippen LogP contribution in [0.4, 0.5) is 5.69 Å². The van der Waals surface area contributed by atoms with E-state index in [0.717, 1.165) is 32.5 Å². The van der Waals surface area contributed by atoms with Crippen molar-refractivity contribution < 1.29 is 5.11 Å². The molecule has 0 saturated heterocycles.